The van der Waals surface area contributed by atoms with Crippen LogP contribution in [-0.2, 0) is 14.3 Å². The van der Waals surface area contributed by atoms with Gasteiger partial charge in [-0.25, -0.2) is 4.79 Å². The molecule has 2 aromatic carbocycles. The van der Waals surface area contributed by atoms with Crippen LogP contribution in [-0.4, -0.2) is 31.4 Å². The highest BCUT2D eigenvalue weighted by molar-refractivity contribution is 6.30. The van der Waals surface area contributed by atoms with Crippen molar-refractivity contribution in [2.75, 3.05) is 23.9 Å². The van der Waals surface area contributed by atoms with E-state index in [1.54, 1.807) is 42.5 Å². The minimum atomic E-state index is -0.480. The van der Waals surface area contributed by atoms with Gasteiger partial charge in [0.25, 0.3) is 0 Å². The fourth-order valence-corrected chi connectivity index (χ4v) is 2.49. The summed E-state index contributed by atoms with van der Waals surface area (Å²) in [5.41, 5.74) is 1.50. The number of methoxy groups -OCH3 is 1. The van der Waals surface area contributed by atoms with Gasteiger partial charge in [0.15, 0.2) is 0 Å². The second kappa shape index (κ2) is 9.01. The van der Waals surface area contributed by atoms with Crippen LogP contribution in [0.1, 0.15) is 23.7 Å². The van der Waals surface area contributed by atoms with Crippen molar-refractivity contribution >= 4 is 40.8 Å². The number of ether oxygens (including phenoxy) is 1. The summed E-state index contributed by atoms with van der Waals surface area (Å²) in [6, 6.07) is 13.3. The summed E-state index contributed by atoms with van der Waals surface area (Å²) in [7, 11) is 1.29. The molecule has 6 nitrogen and oxygen atoms in total. The van der Waals surface area contributed by atoms with Gasteiger partial charge in [-0.3, -0.25) is 9.59 Å². The molecule has 0 fully saturated rings. The van der Waals surface area contributed by atoms with Crippen LogP contribution in [0.5, 0.6) is 0 Å². The molecule has 0 unspecified atom stereocenters. The van der Waals surface area contributed by atoms with Crippen molar-refractivity contribution in [2.24, 2.45) is 0 Å². The molecule has 0 aliphatic rings. The quantitative estimate of drug-likeness (QED) is 0.785. The number of esters is 1. The molecule has 0 bridgehead atoms. The smallest absolute Gasteiger partial charge is 0.337 e. The SMILES string of the molecule is COC(=O)c1cccc(NC(=O)CCN(C(C)=O)c2ccc(Cl)cc2)c1. The van der Waals surface area contributed by atoms with E-state index < -0.39 is 5.97 Å². The zero-order chi connectivity index (χ0) is 19.1. The Balaban J connectivity index is 1.99. The number of benzene rings is 2. The maximum Gasteiger partial charge on any atom is 0.337 e. The van der Waals surface area contributed by atoms with Crippen LogP contribution in [0.15, 0.2) is 48.5 Å². The molecule has 1 N–H and O–H groups in total. The van der Waals surface area contributed by atoms with Crippen molar-refractivity contribution in [1.82, 2.24) is 0 Å². The number of carbonyl (C=O) groups excluding carboxylic acids is 3. The number of anilines is 2. The first-order valence-corrected chi connectivity index (χ1v) is 8.30. The Kier molecular flexibility index (Phi) is 6.74. The topological polar surface area (TPSA) is 75.7 Å². The van der Waals surface area contributed by atoms with E-state index in [0.717, 1.165) is 0 Å². The van der Waals surface area contributed by atoms with Crippen molar-refractivity contribution in [3.63, 3.8) is 0 Å². The Bertz CT molecular complexity index is 805. The summed E-state index contributed by atoms with van der Waals surface area (Å²) >= 11 is 5.86. The van der Waals surface area contributed by atoms with Crippen molar-refractivity contribution in [3.05, 3.63) is 59.1 Å². The predicted octanol–water partition coefficient (Wildman–Crippen LogP) is 3.51. The molecule has 0 aromatic heterocycles. The number of rotatable bonds is 6. The Labute approximate surface area is 156 Å². The molecule has 2 aromatic rings. The molecule has 0 saturated heterocycles. The van der Waals surface area contributed by atoms with Gasteiger partial charge in [-0.1, -0.05) is 17.7 Å². The normalized spacial score (nSPS) is 10.1. The maximum absolute atomic E-state index is 12.2. The fraction of sp³-hybridized carbons (Fsp3) is 0.211. The van der Waals surface area contributed by atoms with Gasteiger partial charge < -0.3 is 15.0 Å². The summed E-state index contributed by atoms with van der Waals surface area (Å²) in [4.78, 5) is 37.1. The second-order valence-electron chi connectivity index (χ2n) is 5.52. The summed E-state index contributed by atoms with van der Waals surface area (Å²) in [6.07, 6.45) is 0.102. The Hall–Kier alpha value is -2.86. The molecule has 0 heterocycles. The van der Waals surface area contributed by atoms with Gasteiger partial charge in [-0.15, -0.1) is 0 Å². The number of amides is 2. The van der Waals surface area contributed by atoms with Crippen molar-refractivity contribution in [2.45, 2.75) is 13.3 Å². The summed E-state index contributed by atoms with van der Waals surface area (Å²) in [6.45, 7) is 1.66. The highest BCUT2D eigenvalue weighted by Crippen LogP contribution is 2.19. The number of hydrogen-bond donors (Lipinski definition) is 1. The molecule has 26 heavy (non-hydrogen) atoms. The van der Waals surface area contributed by atoms with E-state index >= 15 is 0 Å². The minimum absolute atomic E-state index is 0.102. The van der Waals surface area contributed by atoms with Crippen LogP contribution in [0.25, 0.3) is 0 Å². The zero-order valence-electron chi connectivity index (χ0n) is 14.5. The van der Waals surface area contributed by atoms with Gasteiger partial charge in [0.1, 0.15) is 0 Å². The lowest BCUT2D eigenvalue weighted by Gasteiger charge is -2.21. The average molecular weight is 375 g/mol. The number of nitrogens with zero attached hydrogens (tertiary/aromatic N) is 1. The van der Waals surface area contributed by atoms with E-state index in [0.29, 0.717) is 22.0 Å². The van der Waals surface area contributed by atoms with E-state index in [9.17, 15) is 14.4 Å². The highest BCUT2D eigenvalue weighted by Gasteiger charge is 2.14. The fourth-order valence-electron chi connectivity index (χ4n) is 2.37. The lowest BCUT2D eigenvalue weighted by molar-refractivity contribution is -0.117. The molecule has 0 atom stereocenters. The number of nitrogens with one attached hydrogen (secondary N) is 1. The summed E-state index contributed by atoms with van der Waals surface area (Å²) in [5, 5.41) is 3.28. The molecule has 136 valence electrons. The highest BCUT2D eigenvalue weighted by atomic mass is 35.5. The van der Waals surface area contributed by atoms with E-state index in [-0.39, 0.29) is 24.8 Å². The molecule has 2 rings (SSSR count). The van der Waals surface area contributed by atoms with Crippen molar-refractivity contribution in [3.8, 4) is 0 Å². The van der Waals surface area contributed by atoms with Crippen LogP contribution < -0.4 is 10.2 Å². The van der Waals surface area contributed by atoms with E-state index in [4.69, 9.17) is 11.6 Å². The first-order chi connectivity index (χ1) is 12.4. The summed E-state index contributed by atoms with van der Waals surface area (Å²) in [5.74, 6) is -0.924. The predicted molar refractivity (Wildman–Crippen MR) is 101 cm³/mol. The molecule has 0 radical (unpaired) electrons. The maximum atomic E-state index is 12.2. The third-order valence-electron chi connectivity index (χ3n) is 3.65. The Morgan fingerprint density at radius 3 is 2.42 bits per heavy atom. The molecule has 0 spiro atoms. The van der Waals surface area contributed by atoms with Crippen molar-refractivity contribution in [1.29, 1.82) is 0 Å². The van der Waals surface area contributed by atoms with Gasteiger partial charge in [0.2, 0.25) is 11.8 Å². The standard InChI is InChI=1S/C19H19ClN2O4/c1-13(23)22(17-8-6-15(20)7-9-17)11-10-18(24)21-16-5-3-4-14(12-16)19(25)26-2/h3-9,12H,10-11H2,1-2H3,(H,21,24). The molecule has 0 saturated carbocycles. The summed E-state index contributed by atoms with van der Waals surface area (Å²) < 4.78 is 4.65. The third kappa shape index (κ3) is 5.32. The van der Waals surface area contributed by atoms with E-state index in [2.05, 4.69) is 10.1 Å². The van der Waals surface area contributed by atoms with Crippen LogP contribution >= 0.6 is 11.6 Å². The van der Waals surface area contributed by atoms with Crippen LogP contribution in [0, 0.1) is 0 Å². The van der Waals surface area contributed by atoms with Gasteiger partial charge >= 0.3 is 5.97 Å². The van der Waals surface area contributed by atoms with E-state index in [1.165, 1.54) is 25.0 Å². The number of hydrogen-bond acceptors (Lipinski definition) is 4. The Morgan fingerprint density at radius 2 is 1.81 bits per heavy atom. The minimum Gasteiger partial charge on any atom is -0.465 e. The first kappa shape index (κ1) is 19.5. The molecular weight excluding hydrogens is 356 g/mol. The largest absolute Gasteiger partial charge is 0.465 e. The Morgan fingerprint density at radius 1 is 1.12 bits per heavy atom. The van der Waals surface area contributed by atoms with Gasteiger partial charge in [0, 0.05) is 36.3 Å². The van der Waals surface area contributed by atoms with Crippen molar-refractivity contribution < 1.29 is 19.1 Å². The van der Waals surface area contributed by atoms with Crippen LogP contribution in [0.2, 0.25) is 5.02 Å². The number of halogens is 1. The lowest BCUT2D eigenvalue weighted by atomic mass is 10.2. The van der Waals surface area contributed by atoms with Gasteiger partial charge in [0.05, 0.1) is 12.7 Å². The van der Waals surface area contributed by atoms with E-state index in [1.807, 2.05) is 0 Å². The van der Waals surface area contributed by atoms with Crippen LogP contribution in [0.3, 0.4) is 0 Å². The molecule has 2 amide bonds. The lowest BCUT2D eigenvalue weighted by Crippen LogP contribution is -2.31. The third-order valence-corrected chi connectivity index (χ3v) is 3.90. The van der Waals surface area contributed by atoms with Gasteiger partial charge in [-0.05, 0) is 42.5 Å². The average Bonchev–Trinajstić information content (AvgIpc) is 2.62. The van der Waals surface area contributed by atoms with Gasteiger partial charge in [-0.2, -0.15) is 0 Å². The molecule has 0 aliphatic carbocycles. The molecular formula is C19H19ClN2O4. The first-order valence-electron chi connectivity index (χ1n) is 7.92. The molecule has 0 aliphatic heterocycles. The molecule has 7 heteroatoms. The van der Waals surface area contributed by atoms with Crippen LogP contribution in [0.4, 0.5) is 11.4 Å². The zero-order valence-corrected chi connectivity index (χ0v) is 15.2. The number of carbonyl (C=O) groups is 3. The monoisotopic (exact) mass is 374 g/mol. The second-order valence-corrected chi connectivity index (χ2v) is 5.95.